The lowest BCUT2D eigenvalue weighted by atomic mass is 10.2. The van der Waals surface area contributed by atoms with Crippen LogP contribution in [0.1, 0.15) is 20.8 Å². The lowest BCUT2D eigenvalue weighted by Gasteiger charge is -2.18. The van der Waals surface area contributed by atoms with Crippen LogP contribution in [0.15, 0.2) is 11.3 Å². The first-order valence-electron chi connectivity index (χ1n) is 6.31. The van der Waals surface area contributed by atoms with Crippen molar-refractivity contribution in [2.24, 2.45) is 5.92 Å². The third-order valence-corrected chi connectivity index (χ3v) is 2.59. The Morgan fingerprint density at radius 3 is 2.79 bits per heavy atom. The minimum absolute atomic E-state index is 0.102. The number of hydrogen-bond acceptors (Lipinski definition) is 5. The van der Waals surface area contributed by atoms with E-state index in [4.69, 9.17) is 10.00 Å². The Kier molecular flexibility index (Phi) is 5.37. The van der Waals surface area contributed by atoms with Crippen molar-refractivity contribution < 1.29 is 14.3 Å². The van der Waals surface area contributed by atoms with E-state index >= 15 is 0 Å². The molecule has 0 atom stereocenters. The zero-order valence-corrected chi connectivity index (χ0v) is 11.5. The Bertz CT molecular complexity index is 435. The second kappa shape index (κ2) is 6.78. The van der Waals surface area contributed by atoms with E-state index in [1.165, 1.54) is 0 Å². The molecule has 0 aromatic rings. The van der Waals surface area contributed by atoms with Gasteiger partial charge in [0.2, 0.25) is 0 Å². The van der Waals surface area contributed by atoms with Gasteiger partial charge in [-0.3, -0.25) is 9.59 Å². The fourth-order valence-electron chi connectivity index (χ4n) is 1.86. The molecule has 0 bridgehead atoms. The molecular weight excluding hydrogens is 246 g/mol. The molecule has 1 heterocycles. The molecule has 0 saturated carbocycles. The molecule has 0 unspecified atom stereocenters. The summed E-state index contributed by atoms with van der Waals surface area (Å²) in [6.45, 7) is 6.80. The largest absolute Gasteiger partial charge is 0.465 e. The summed E-state index contributed by atoms with van der Waals surface area (Å²) < 4.78 is 4.77. The number of ether oxygens (including phenoxy) is 1. The highest BCUT2D eigenvalue weighted by Gasteiger charge is 2.30. The van der Waals surface area contributed by atoms with E-state index in [0.29, 0.717) is 24.6 Å². The number of nitriles is 1. The van der Waals surface area contributed by atoms with Crippen molar-refractivity contribution in [2.75, 3.05) is 26.2 Å². The molecule has 1 aliphatic heterocycles. The first-order valence-corrected chi connectivity index (χ1v) is 6.31. The first-order chi connectivity index (χ1) is 8.99. The number of nitrogens with one attached hydrogen (secondary N) is 1. The van der Waals surface area contributed by atoms with Gasteiger partial charge in [0.05, 0.1) is 24.8 Å². The van der Waals surface area contributed by atoms with Crippen LogP contribution in [0.5, 0.6) is 0 Å². The highest BCUT2D eigenvalue weighted by Crippen LogP contribution is 2.17. The van der Waals surface area contributed by atoms with Gasteiger partial charge in [0.1, 0.15) is 12.2 Å². The smallest absolute Gasteiger partial charge is 0.325 e. The maximum Gasteiger partial charge on any atom is 0.325 e. The van der Waals surface area contributed by atoms with Crippen molar-refractivity contribution in [1.82, 2.24) is 10.2 Å². The fourth-order valence-corrected chi connectivity index (χ4v) is 1.86. The molecule has 0 fully saturated rings. The number of rotatable bonds is 6. The third-order valence-electron chi connectivity index (χ3n) is 2.59. The number of hydrogen-bond donors (Lipinski definition) is 1. The van der Waals surface area contributed by atoms with E-state index in [-0.39, 0.29) is 24.8 Å². The maximum absolute atomic E-state index is 12.1. The van der Waals surface area contributed by atoms with Gasteiger partial charge in [-0.2, -0.15) is 5.26 Å². The Morgan fingerprint density at radius 1 is 1.58 bits per heavy atom. The standard InChI is InChI=1S/C13H19N3O3/c1-4-19-11(17)6-15-12-10(5-14)8-16(13(12)18)7-9(2)3/h9,15H,4,6-8H2,1-3H3. The average molecular weight is 265 g/mol. The van der Waals surface area contributed by atoms with Crippen LogP contribution in [0.4, 0.5) is 0 Å². The maximum atomic E-state index is 12.1. The van der Waals surface area contributed by atoms with Crippen LogP contribution in [0.25, 0.3) is 0 Å². The monoisotopic (exact) mass is 265 g/mol. The SMILES string of the molecule is CCOC(=O)CNC1=C(C#N)CN(CC(C)C)C1=O. The highest BCUT2D eigenvalue weighted by molar-refractivity contribution is 5.97. The number of esters is 1. The van der Waals surface area contributed by atoms with E-state index in [1.807, 2.05) is 19.9 Å². The third kappa shape index (κ3) is 3.98. The van der Waals surface area contributed by atoms with Gasteiger partial charge >= 0.3 is 5.97 Å². The molecule has 1 aliphatic rings. The second-order valence-corrected chi connectivity index (χ2v) is 4.70. The molecule has 0 saturated heterocycles. The summed E-state index contributed by atoms with van der Waals surface area (Å²) in [5, 5.41) is 11.7. The van der Waals surface area contributed by atoms with Gasteiger partial charge in [0, 0.05) is 6.54 Å². The van der Waals surface area contributed by atoms with Crippen molar-refractivity contribution in [2.45, 2.75) is 20.8 Å². The Hall–Kier alpha value is -2.03. The van der Waals surface area contributed by atoms with Crippen molar-refractivity contribution >= 4 is 11.9 Å². The van der Waals surface area contributed by atoms with Gasteiger partial charge in [0.25, 0.3) is 5.91 Å². The molecule has 0 spiro atoms. The molecule has 6 nitrogen and oxygen atoms in total. The van der Waals surface area contributed by atoms with Crippen molar-refractivity contribution in [3.05, 3.63) is 11.3 Å². The molecule has 0 aromatic heterocycles. The molecular formula is C13H19N3O3. The number of nitrogens with zero attached hydrogens (tertiary/aromatic N) is 2. The quantitative estimate of drug-likeness (QED) is 0.704. The van der Waals surface area contributed by atoms with Crippen LogP contribution in [0.3, 0.4) is 0 Å². The Balaban J connectivity index is 2.67. The molecule has 0 aliphatic carbocycles. The molecule has 1 amide bonds. The predicted molar refractivity (Wildman–Crippen MR) is 68.7 cm³/mol. The number of amides is 1. The Labute approximate surface area is 113 Å². The van der Waals surface area contributed by atoms with Crippen LogP contribution in [-0.2, 0) is 14.3 Å². The summed E-state index contributed by atoms with van der Waals surface area (Å²) in [6, 6.07) is 2.01. The summed E-state index contributed by atoms with van der Waals surface area (Å²) in [7, 11) is 0. The average Bonchev–Trinajstić information content (AvgIpc) is 2.63. The molecule has 6 heteroatoms. The minimum atomic E-state index is -0.442. The predicted octanol–water partition coefficient (Wildman–Crippen LogP) is 0.415. The molecule has 0 aromatic carbocycles. The minimum Gasteiger partial charge on any atom is -0.465 e. The zero-order valence-electron chi connectivity index (χ0n) is 11.5. The molecule has 1 rings (SSSR count). The summed E-state index contributed by atoms with van der Waals surface area (Å²) in [4.78, 5) is 24.9. The summed E-state index contributed by atoms with van der Waals surface area (Å²) >= 11 is 0. The zero-order chi connectivity index (χ0) is 14.4. The topological polar surface area (TPSA) is 82.4 Å². The lowest BCUT2D eigenvalue weighted by molar-refractivity contribution is -0.141. The molecule has 19 heavy (non-hydrogen) atoms. The van der Waals surface area contributed by atoms with E-state index in [1.54, 1.807) is 11.8 Å². The molecule has 104 valence electrons. The van der Waals surface area contributed by atoms with Gasteiger partial charge < -0.3 is 15.0 Å². The van der Waals surface area contributed by atoms with E-state index in [2.05, 4.69) is 5.32 Å². The normalized spacial score (nSPS) is 14.9. The second-order valence-electron chi connectivity index (χ2n) is 4.70. The summed E-state index contributed by atoms with van der Waals surface area (Å²) in [5.41, 5.74) is 0.589. The van der Waals surface area contributed by atoms with Gasteiger partial charge in [-0.25, -0.2) is 0 Å². The summed E-state index contributed by atoms with van der Waals surface area (Å²) in [6.07, 6.45) is 0. The fraction of sp³-hybridized carbons (Fsp3) is 0.615. The van der Waals surface area contributed by atoms with Gasteiger partial charge in [-0.1, -0.05) is 13.8 Å². The molecule has 1 N–H and O–H groups in total. The summed E-state index contributed by atoms with van der Waals surface area (Å²) in [5.74, 6) is -0.342. The number of carbonyl (C=O) groups excluding carboxylic acids is 2. The van der Waals surface area contributed by atoms with E-state index in [0.717, 1.165) is 0 Å². The van der Waals surface area contributed by atoms with Gasteiger partial charge in [-0.15, -0.1) is 0 Å². The van der Waals surface area contributed by atoms with Crippen molar-refractivity contribution in [3.63, 3.8) is 0 Å². The lowest BCUT2D eigenvalue weighted by Crippen LogP contribution is -2.35. The van der Waals surface area contributed by atoms with Crippen LogP contribution >= 0.6 is 0 Å². The Morgan fingerprint density at radius 2 is 2.26 bits per heavy atom. The van der Waals surface area contributed by atoms with E-state index < -0.39 is 5.97 Å². The number of carbonyl (C=O) groups is 2. The highest BCUT2D eigenvalue weighted by atomic mass is 16.5. The van der Waals surface area contributed by atoms with Crippen LogP contribution < -0.4 is 5.32 Å². The van der Waals surface area contributed by atoms with Gasteiger partial charge in [-0.05, 0) is 12.8 Å². The van der Waals surface area contributed by atoms with Crippen molar-refractivity contribution in [1.29, 1.82) is 5.26 Å². The van der Waals surface area contributed by atoms with Gasteiger partial charge in [0.15, 0.2) is 0 Å². The molecule has 0 radical (unpaired) electrons. The van der Waals surface area contributed by atoms with E-state index in [9.17, 15) is 9.59 Å². The van der Waals surface area contributed by atoms with Crippen LogP contribution in [-0.4, -0.2) is 43.0 Å². The van der Waals surface area contributed by atoms with Crippen LogP contribution in [0.2, 0.25) is 0 Å². The van der Waals surface area contributed by atoms with Crippen LogP contribution in [0, 0.1) is 17.2 Å². The van der Waals surface area contributed by atoms with Crippen molar-refractivity contribution in [3.8, 4) is 6.07 Å². The first kappa shape index (κ1) is 15.0.